The molecule has 0 bridgehead atoms. The lowest BCUT2D eigenvalue weighted by Gasteiger charge is -2.16. The van der Waals surface area contributed by atoms with Crippen LogP contribution in [0.15, 0.2) is 17.6 Å². The fourth-order valence-corrected chi connectivity index (χ4v) is 4.33. The molecular formula is C20H30N4OS. The fraction of sp³-hybridized carbons (Fsp3) is 0.550. The van der Waals surface area contributed by atoms with Crippen molar-refractivity contribution in [2.45, 2.75) is 44.9 Å². The van der Waals surface area contributed by atoms with Crippen LogP contribution in [0.4, 0.5) is 10.5 Å². The topological polar surface area (TPSA) is 70.4 Å². The normalized spacial score (nSPS) is 15.5. The lowest BCUT2D eigenvalue weighted by atomic mass is 9.99. The van der Waals surface area contributed by atoms with E-state index in [1.165, 1.54) is 47.0 Å². The maximum Gasteiger partial charge on any atom is 0.329 e. The molecule has 0 saturated carbocycles. The van der Waals surface area contributed by atoms with Gasteiger partial charge in [0.1, 0.15) is 0 Å². The van der Waals surface area contributed by atoms with Crippen molar-refractivity contribution in [2.24, 2.45) is 5.73 Å². The summed E-state index contributed by atoms with van der Waals surface area (Å²) < 4.78 is 2.87. The highest BCUT2D eigenvalue weighted by Crippen LogP contribution is 2.38. The average molecular weight is 375 g/mol. The van der Waals surface area contributed by atoms with E-state index in [1.54, 1.807) is 0 Å². The van der Waals surface area contributed by atoms with Gasteiger partial charge in [-0.1, -0.05) is 12.1 Å². The van der Waals surface area contributed by atoms with Gasteiger partial charge < -0.3 is 16.0 Å². The molecule has 0 aliphatic heterocycles. The average Bonchev–Trinajstić information content (AvgIpc) is 3.28. The molecule has 0 radical (unpaired) electrons. The number of urea groups is 1. The standard InChI is InChI=1S/C20H30N4OS/c1-24(11-4-10-21)12-5-13-26-23-20(25)22-19-17-8-2-6-15(17)14-16-7-3-9-18(16)19/h5,13-14H,2-4,6-12,21H2,1H3,(H2,22,23,25)/b13-5+. The first-order chi connectivity index (χ1) is 12.7. The lowest BCUT2D eigenvalue weighted by Crippen LogP contribution is -2.24. The van der Waals surface area contributed by atoms with Crippen LogP contribution in [0.5, 0.6) is 0 Å². The minimum absolute atomic E-state index is 0.134. The van der Waals surface area contributed by atoms with Gasteiger partial charge in [-0.2, -0.15) is 0 Å². The van der Waals surface area contributed by atoms with Crippen molar-refractivity contribution in [3.8, 4) is 0 Å². The van der Waals surface area contributed by atoms with E-state index in [0.717, 1.165) is 57.4 Å². The Bertz CT molecular complexity index is 642. The lowest BCUT2D eigenvalue weighted by molar-refractivity contribution is 0.257. The van der Waals surface area contributed by atoms with E-state index in [1.807, 2.05) is 5.41 Å². The first-order valence-electron chi connectivity index (χ1n) is 9.62. The highest BCUT2D eigenvalue weighted by Gasteiger charge is 2.24. The van der Waals surface area contributed by atoms with Crippen molar-refractivity contribution in [2.75, 3.05) is 32.0 Å². The molecule has 0 aromatic heterocycles. The predicted octanol–water partition coefficient (Wildman–Crippen LogP) is 3.23. The van der Waals surface area contributed by atoms with Gasteiger partial charge in [-0.3, -0.25) is 4.72 Å². The molecule has 2 aliphatic carbocycles. The van der Waals surface area contributed by atoms with Crippen molar-refractivity contribution in [1.29, 1.82) is 0 Å². The molecule has 3 rings (SSSR count). The van der Waals surface area contributed by atoms with Crippen LogP contribution in [0.1, 0.15) is 41.5 Å². The molecule has 6 heteroatoms. The molecule has 4 N–H and O–H groups in total. The Hall–Kier alpha value is -1.50. The number of aryl methyl sites for hydroxylation is 2. The summed E-state index contributed by atoms with van der Waals surface area (Å²) in [6.45, 7) is 2.57. The predicted molar refractivity (Wildman–Crippen MR) is 111 cm³/mol. The summed E-state index contributed by atoms with van der Waals surface area (Å²) in [4.78, 5) is 14.6. The minimum Gasteiger partial charge on any atom is -0.330 e. The Balaban J connectivity index is 1.50. The van der Waals surface area contributed by atoms with Gasteiger partial charge in [-0.15, -0.1) is 0 Å². The van der Waals surface area contributed by atoms with Gasteiger partial charge in [0.25, 0.3) is 0 Å². The minimum atomic E-state index is -0.134. The van der Waals surface area contributed by atoms with Gasteiger partial charge in [0.2, 0.25) is 0 Å². The van der Waals surface area contributed by atoms with Crippen molar-refractivity contribution in [1.82, 2.24) is 9.62 Å². The number of anilines is 1. The van der Waals surface area contributed by atoms with E-state index in [0.29, 0.717) is 0 Å². The van der Waals surface area contributed by atoms with E-state index in [-0.39, 0.29) is 6.03 Å². The summed E-state index contributed by atoms with van der Waals surface area (Å²) >= 11 is 1.32. The molecule has 1 aromatic carbocycles. The van der Waals surface area contributed by atoms with Gasteiger partial charge in [0, 0.05) is 12.2 Å². The molecule has 1 aromatic rings. The highest BCUT2D eigenvalue weighted by atomic mass is 32.2. The van der Waals surface area contributed by atoms with E-state index in [2.05, 4.69) is 34.1 Å². The molecule has 0 saturated heterocycles. The summed E-state index contributed by atoms with van der Waals surface area (Å²) in [6.07, 6.45) is 9.92. The number of carbonyl (C=O) groups is 1. The Morgan fingerprint density at radius 2 is 1.92 bits per heavy atom. The number of rotatable bonds is 8. The zero-order chi connectivity index (χ0) is 18.4. The maximum atomic E-state index is 12.3. The molecule has 26 heavy (non-hydrogen) atoms. The van der Waals surface area contributed by atoms with E-state index >= 15 is 0 Å². The molecule has 0 atom stereocenters. The van der Waals surface area contributed by atoms with Crippen molar-refractivity contribution < 1.29 is 4.79 Å². The van der Waals surface area contributed by atoms with E-state index in [9.17, 15) is 4.79 Å². The number of hydrogen-bond donors (Lipinski definition) is 3. The summed E-state index contributed by atoms with van der Waals surface area (Å²) in [5.41, 5.74) is 12.2. The Morgan fingerprint density at radius 3 is 2.58 bits per heavy atom. The molecule has 5 nitrogen and oxygen atoms in total. The van der Waals surface area contributed by atoms with Crippen LogP contribution in [0, 0.1) is 0 Å². The van der Waals surface area contributed by atoms with Crippen molar-refractivity contribution >= 4 is 23.7 Å². The van der Waals surface area contributed by atoms with Gasteiger partial charge in [-0.25, -0.2) is 4.79 Å². The van der Waals surface area contributed by atoms with Gasteiger partial charge >= 0.3 is 6.03 Å². The molecule has 0 spiro atoms. The Labute approximate surface area is 160 Å². The summed E-state index contributed by atoms with van der Waals surface area (Å²) in [7, 11) is 2.07. The van der Waals surface area contributed by atoms with Crippen LogP contribution >= 0.6 is 11.9 Å². The number of nitrogens with one attached hydrogen (secondary N) is 2. The van der Waals surface area contributed by atoms with E-state index in [4.69, 9.17) is 5.73 Å². The fourth-order valence-electron chi connectivity index (χ4n) is 3.92. The number of nitrogens with zero attached hydrogens (tertiary/aromatic N) is 1. The largest absolute Gasteiger partial charge is 0.330 e. The van der Waals surface area contributed by atoms with Gasteiger partial charge in [0.15, 0.2) is 0 Å². The van der Waals surface area contributed by atoms with Crippen LogP contribution in [-0.4, -0.2) is 37.6 Å². The van der Waals surface area contributed by atoms with Crippen molar-refractivity contribution in [3.05, 3.63) is 39.8 Å². The first kappa shape index (κ1) is 19.3. The second kappa shape index (κ2) is 9.44. The summed E-state index contributed by atoms with van der Waals surface area (Å²) in [5.74, 6) is 0. The second-order valence-corrected chi connectivity index (χ2v) is 7.90. The SMILES string of the molecule is CN(C/C=C/SNC(=O)Nc1c2c(cc3c1CCC3)CCC2)CCCN. The number of fused-ring (bicyclic) bond motifs is 2. The zero-order valence-corrected chi connectivity index (χ0v) is 16.5. The Kier molecular flexibility index (Phi) is 7.00. The van der Waals surface area contributed by atoms with Crippen LogP contribution in [0.3, 0.4) is 0 Å². The summed E-state index contributed by atoms with van der Waals surface area (Å²) in [6, 6.07) is 2.25. The van der Waals surface area contributed by atoms with E-state index < -0.39 is 0 Å². The number of likely N-dealkylation sites (N-methyl/N-ethyl adjacent to an activating group) is 1. The zero-order valence-electron chi connectivity index (χ0n) is 15.6. The quantitative estimate of drug-likeness (QED) is 0.611. The number of benzene rings is 1. The number of nitrogens with two attached hydrogens (primary N) is 1. The van der Waals surface area contributed by atoms with Crippen LogP contribution in [0.2, 0.25) is 0 Å². The second-order valence-electron chi connectivity index (χ2n) is 7.18. The molecule has 0 heterocycles. The monoisotopic (exact) mass is 374 g/mol. The first-order valence-corrected chi connectivity index (χ1v) is 10.5. The van der Waals surface area contributed by atoms with Crippen LogP contribution in [-0.2, 0) is 25.7 Å². The van der Waals surface area contributed by atoms with Gasteiger partial charge in [0.05, 0.1) is 0 Å². The van der Waals surface area contributed by atoms with Gasteiger partial charge in [-0.05, 0) is 105 Å². The third-order valence-electron chi connectivity index (χ3n) is 5.19. The smallest absolute Gasteiger partial charge is 0.329 e. The molecule has 0 unspecified atom stereocenters. The molecule has 0 fully saturated rings. The third kappa shape index (κ3) is 4.81. The number of amides is 2. The Morgan fingerprint density at radius 1 is 1.23 bits per heavy atom. The third-order valence-corrected chi connectivity index (χ3v) is 5.82. The number of carbonyl (C=O) groups excluding carboxylic acids is 1. The summed E-state index contributed by atoms with van der Waals surface area (Å²) in [5, 5.41) is 5.07. The van der Waals surface area contributed by atoms with Crippen LogP contribution in [0.25, 0.3) is 0 Å². The molecule has 2 aliphatic rings. The molecular weight excluding hydrogens is 344 g/mol. The highest BCUT2D eigenvalue weighted by molar-refractivity contribution is 8.00. The van der Waals surface area contributed by atoms with Crippen molar-refractivity contribution in [3.63, 3.8) is 0 Å². The molecule has 2 amide bonds. The van der Waals surface area contributed by atoms with Crippen LogP contribution < -0.4 is 15.8 Å². The maximum absolute atomic E-state index is 12.3. The number of hydrogen-bond acceptors (Lipinski definition) is 4. The molecule has 142 valence electrons.